The van der Waals surface area contributed by atoms with Crippen molar-refractivity contribution >= 4 is 11.9 Å². The molecule has 1 saturated heterocycles. The Kier molecular flexibility index (Phi) is 6.82. The van der Waals surface area contributed by atoms with E-state index in [9.17, 15) is 19.8 Å². The quantitative estimate of drug-likeness (QED) is 0.462. The molecule has 1 spiro atoms. The van der Waals surface area contributed by atoms with Gasteiger partial charge in [0, 0.05) is 24.0 Å². The Bertz CT molecular complexity index is 813. The zero-order valence-electron chi connectivity index (χ0n) is 19.5. The van der Waals surface area contributed by atoms with E-state index in [-0.39, 0.29) is 29.7 Å². The Hall–Kier alpha value is -1.92. The molecule has 2 aliphatic heterocycles. The van der Waals surface area contributed by atoms with Crippen molar-refractivity contribution in [1.82, 2.24) is 5.32 Å². The number of hydrogen-bond donors (Lipinski definition) is 3. The summed E-state index contributed by atoms with van der Waals surface area (Å²) < 4.78 is 6.02. The SMILES string of the molecule is CC1=C[C@H]2C=C(C)[C@@H](C)[C@H]3[C@H](CC(C)C)NC(=O)[C@@]23OC(=O)/C=C/[C@@H](O)[C@@H](O)[C@@H](C)C1. The largest absolute Gasteiger partial charge is 0.444 e. The molecule has 1 amide bonds. The first kappa shape index (κ1) is 23.7. The molecule has 6 nitrogen and oxygen atoms in total. The van der Waals surface area contributed by atoms with Crippen LogP contribution in [-0.2, 0) is 14.3 Å². The first-order chi connectivity index (χ1) is 14.5. The highest BCUT2D eigenvalue weighted by Crippen LogP contribution is 2.51. The fraction of sp³-hybridized carbons (Fsp3) is 0.680. The Labute approximate surface area is 185 Å². The maximum Gasteiger partial charge on any atom is 0.331 e. The summed E-state index contributed by atoms with van der Waals surface area (Å²) in [6.07, 6.45) is 5.66. The van der Waals surface area contributed by atoms with Gasteiger partial charge in [-0.25, -0.2) is 4.79 Å². The maximum absolute atomic E-state index is 13.5. The van der Waals surface area contributed by atoms with Crippen molar-refractivity contribution in [3.8, 4) is 0 Å². The van der Waals surface area contributed by atoms with Gasteiger partial charge in [-0.3, -0.25) is 4.79 Å². The molecule has 3 aliphatic rings. The molecule has 0 bridgehead atoms. The van der Waals surface area contributed by atoms with Crippen LogP contribution in [0, 0.1) is 29.6 Å². The van der Waals surface area contributed by atoms with Gasteiger partial charge in [0.05, 0.1) is 12.2 Å². The molecule has 1 aliphatic carbocycles. The number of esters is 1. The molecular weight excluding hydrogens is 394 g/mol. The number of carbonyl (C=O) groups excluding carboxylic acids is 2. The highest BCUT2D eigenvalue weighted by atomic mass is 16.6. The van der Waals surface area contributed by atoms with Crippen LogP contribution in [0.2, 0.25) is 0 Å². The number of aliphatic hydroxyl groups excluding tert-OH is 2. The second kappa shape index (κ2) is 8.91. The summed E-state index contributed by atoms with van der Waals surface area (Å²) in [6.45, 7) is 12.2. The van der Waals surface area contributed by atoms with Crippen LogP contribution in [0.25, 0.3) is 0 Å². The minimum absolute atomic E-state index is 0.0728. The van der Waals surface area contributed by atoms with Crippen LogP contribution in [0.3, 0.4) is 0 Å². The van der Waals surface area contributed by atoms with E-state index in [1.165, 1.54) is 11.6 Å². The van der Waals surface area contributed by atoms with Crippen LogP contribution in [0.15, 0.2) is 35.5 Å². The number of aliphatic hydroxyl groups is 2. The molecule has 0 aromatic heterocycles. The molecule has 6 heteroatoms. The van der Waals surface area contributed by atoms with Gasteiger partial charge in [-0.2, -0.15) is 0 Å². The van der Waals surface area contributed by atoms with Gasteiger partial charge in [0.1, 0.15) is 0 Å². The zero-order chi connectivity index (χ0) is 23.1. The standard InChI is InChI=1S/C25H37NO5/c1-13(2)9-19-22-17(6)15(4)12-18-11-14(3)10-16(5)23(29)20(27)7-8-21(28)31-25(18,22)24(30)26-19/h7-8,11-13,16-20,22-23,27,29H,9-10H2,1-6H3,(H,26,30)/b8-7+,14-11?/t16-,17+,18-,19-,20+,22-,23-,25+/m0/s1. The summed E-state index contributed by atoms with van der Waals surface area (Å²) in [4.78, 5) is 26.3. The van der Waals surface area contributed by atoms with E-state index >= 15 is 0 Å². The minimum Gasteiger partial charge on any atom is -0.444 e. The van der Waals surface area contributed by atoms with Gasteiger partial charge in [-0.1, -0.05) is 51.0 Å². The van der Waals surface area contributed by atoms with E-state index in [1.807, 2.05) is 19.9 Å². The summed E-state index contributed by atoms with van der Waals surface area (Å²) in [5, 5.41) is 23.8. The molecule has 0 radical (unpaired) electrons. The van der Waals surface area contributed by atoms with Gasteiger partial charge in [-0.05, 0) is 50.5 Å². The normalized spacial score (nSPS) is 42.3. The Morgan fingerprint density at radius 2 is 1.87 bits per heavy atom. The van der Waals surface area contributed by atoms with E-state index < -0.39 is 29.7 Å². The highest BCUT2D eigenvalue weighted by Gasteiger charge is 2.64. The molecular formula is C25H37NO5. The van der Waals surface area contributed by atoms with E-state index in [0.29, 0.717) is 12.3 Å². The molecule has 8 atom stereocenters. The van der Waals surface area contributed by atoms with Gasteiger partial charge in [0.25, 0.3) is 5.91 Å². The van der Waals surface area contributed by atoms with Crippen molar-refractivity contribution in [1.29, 1.82) is 0 Å². The monoisotopic (exact) mass is 431 g/mol. The Balaban J connectivity index is 2.15. The fourth-order valence-corrected chi connectivity index (χ4v) is 5.66. The molecule has 172 valence electrons. The van der Waals surface area contributed by atoms with Crippen molar-refractivity contribution < 1.29 is 24.5 Å². The van der Waals surface area contributed by atoms with Crippen molar-refractivity contribution in [2.75, 3.05) is 0 Å². The Morgan fingerprint density at radius 1 is 1.19 bits per heavy atom. The van der Waals surface area contributed by atoms with Gasteiger partial charge in [0.2, 0.25) is 5.60 Å². The van der Waals surface area contributed by atoms with Crippen LogP contribution in [0.1, 0.15) is 54.4 Å². The van der Waals surface area contributed by atoms with Crippen molar-refractivity contribution in [2.45, 2.75) is 78.2 Å². The lowest BCUT2D eigenvalue weighted by Gasteiger charge is -2.45. The molecule has 3 rings (SSSR count). The number of rotatable bonds is 2. The van der Waals surface area contributed by atoms with Crippen LogP contribution in [0.4, 0.5) is 0 Å². The first-order valence-electron chi connectivity index (χ1n) is 11.4. The van der Waals surface area contributed by atoms with E-state index in [1.54, 1.807) is 0 Å². The van der Waals surface area contributed by atoms with Crippen molar-refractivity contribution in [2.24, 2.45) is 29.6 Å². The predicted molar refractivity (Wildman–Crippen MR) is 119 cm³/mol. The maximum atomic E-state index is 13.5. The lowest BCUT2D eigenvalue weighted by atomic mass is 9.63. The molecule has 1 fully saturated rings. The zero-order valence-corrected chi connectivity index (χ0v) is 19.5. The lowest BCUT2D eigenvalue weighted by Crippen LogP contribution is -2.56. The summed E-state index contributed by atoms with van der Waals surface area (Å²) in [5.74, 6) is -1.26. The number of hydrogen-bond acceptors (Lipinski definition) is 5. The fourth-order valence-electron chi connectivity index (χ4n) is 5.66. The Morgan fingerprint density at radius 3 is 2.52 bits per heavy atom. The number of allylic oxidation sites excluding steroid dienone is 2. The molecule has 0 unspecified atom stereocenters. The number of carbonyl (C=O) groups is 2. The number of ether oxygens (including phenoxy) is 1. The van der Waals surface area contributed by atoms with E-state index in [0.717, 1.165) is 18.1 Å². The number of nitrogens with one attached hydrogen (secondary N) is 1. The number of amides is 1. The van der Waals surface area contributed by atoms with Crippen LogP contribution in [0.5, 0.6) is 0 Å². The minimum atomic E-state index is -1.33. The second-order valence-corrected chi connectivity index (χ2v) is 10.2. The van der Waals surface area contributed by atoms with Crippen LogP contribution >= 0.6 is 0 Å². The van der Waals surface area contributed by atoms with Crippen LogP contribution < -0.4 is 5.32 Å². The van der Waals surface area contributed by atoms with Gasteiger partial charge < -0.3 is 20.3 Å². The smallest absolute Gasteiger partial charge is 0.331 e. The third-order valence-corrected chi connectivity index (χ3v) is 7.26. The third-order valence-electron chi connectivity index (χ3n) is 7.26. The predicted octanol–water partition coefficient (Wildman–Crippen LogP) is 2.91. The average molecular weight is 432 g/mol. The summed E-state index contributed by atoms with van der Waals surface area (Å²) in [5.41, 5.74) is 0.844. The lowest BCUT2D eigenvalue weighted by molar-refractivity contribution is -0.172. The molecule has 0 aromatic carbocycles. The molecule has 31 heavy (non-hydrogen) atoms. The topological polar surface area (TPSA) is 95.9 Å². The van der Waals surface area contributed by atoms with Crippen molar-refractivity contribution in [3.63, 3.8) is 0 Å². The molecule has 3 N–H and O–H groups in total. The summed E-state index contributed by atoms with van der Waals surface area (Å²) >= 11 is 0. The molecule has 0 aromatic rings. The summed E-state index contributed by atoms with van der Waals surface area (Å²) in [6, 6.07) is -0.0848. The van der Waals surface area contributed by atoms with Crippen molar-refractivity contribution in [3.05, 3.63) is 35.5 Å². The second-order valence-electron chi connectivity index (χ2n) is 10.2. The van der Waals surface area contributed by atoms with E-state index in [4.69, 9.17) is 4.74 Å². The molecule has 0 saturated carbocycles. The third kappa shape index (κ3) is 4.37. The van der Waals surface area contributed by atoms with Crippen LogP contribution in [-0.4, -0.2) is 45.9 Å². The molecule has 2 heterocycles. The highest BCUT2D eigenvalue weighted by molar-refractivity contribution is 5.94. The summed E-state index contributed by atoms with van der Waals surface area (Å²) in [7, 11) is 0. The first-order valence-corrected chi connectivity index (χ1v) is 11.4. The van der Waals surface area contributed by atoms with Gasteiger partial charge >= 0.3 is 5.97 Å². The van der Waals surface area contributed by atoms with E-state index in [2.05, 4.69) is 39.1 Å². The van der Waals surface area contributed by atoms with Gasteiger partial charge in [0.15, 0.2) is 0 Å². The van der Waals surface area contributed by atoms with Gasteiger partial charge in [-0.15, -0.1) is 0 Å². The average Bonchev–Trinajstić information content (AvgIpc) is 2.94.